The summed E-state index contributed by atoms with van der Waals surface area (Å²) in [6.07, 6.45) is 1.42. The Morgan fingerprint density at radius 2 is 1.60 bits per heavy atom. The lowest BCUT2D eigenvalue weighted by molar-refractivity contribution is 0.562. The number of thioether (sulfide) groups is 1. The summed E-state index contributed by atoms with van der Waals surface area (Å²) in [4.78, 5) is 0. The Kier molecular flexibility index (Phi) is 5.24. The molecule has 1 fully saturated rings. The summed E-state index contributed by atoms with van der Waals surface area (Å²) in [7, 11) is 0. The molecule has 0 bridgehead atoms. The highest BCUT2D eigenvalue weighted by Gasteiger charge is 2.24. The fourth-order valence-corrected chi connectivity index (χ4v) is 2.80. The zero-order valence-electron chi connectivity index (χ0n) is 7.85. The van der Waals surface area contributed by atoms with Crippen LogP contribution in [-0.4, -0.2) is 10.5 Å². The molecule has 0 N–H and O–H groups in total. The van der Waals surface area contributed by atoms with Gasteiger partial charge in [-0.1, -0.05) is 34.6 Å². The van der Waals surface area contributed by atoms with E-state index in [-0.39, 0.29) is 0 Å². The van der Waals surface area contributed by atoms with Crippen LogP contribution in [0.1, 0.15) is 41.0 Å². The van der Waals surface area contributed by atoms with Gasteiger partial charge in [-0.3, -0.25) is 0 Å². The van der Waals surface area contributed by atoms with Crippen LogP contribution in [0.2, 0.25) is 0 Å². The summed E-state index contributed by atoms with van der Waals surface area (Å²) >= 11 is 2.13. The molecule has 0 spiro atoms. The van der Waals surface area contributed by atoms with Crippen LogP contribution in [0, 0.1) is 5.92 Å². The minimum absolute atomic E-state index is 0.907. The number of rotatable bonds is 0. The zero-order valence-corrected chi connectivity index (χ0v) is 8.66. The molecule has 3 atom stereocenters. The summed E-state index contributed by atoms with van der Waals surface area (Å²) < 4.78 is 0. The van der Waals surface area contributed by atoms with Gasteiger partial charge in [0.1, 0.15) is 0 Å². The lowest BCUT2D eigenvalue weighted by Gasteiger charge is -2.04. The van der Waals surface area contributed by atoms with Gasteiger partial charge < -0.3 is 0 Å². The van der Waals surface area contributed by atoms with E-state index in [1.54, 1.807) is 0 Å². The molecule has 0 nitrogen and oxygen atoms in total. The van der Waals surface area contributed by atoms with E-state index >= 15 is 0 Å². The highest BCUT2D eigenvalue weighted by Crippen LogP contribution is 2.37. The second kappa shape index (κ2) is 5.06. The molecule has 0 aromatic rings. The van der Waals surface area contributed by atoms with E-state index in [0.717, 1.165) is 16.4 Å². The van der Waals surface area contributed by atoms with E-state index in [4.69, 9.17) is 0 Å². The molecule has 0 radical (unpaired) electrons. The average molecular weight is 160 g/mol. The summed E-state index contributed by atoms with van der Waals surface area (Å²) in [5, 5.41) is 1.82. The van der Waals surface area contributed by atoms with Gasteiger partial charge in [0.2, 0.25) is 0 Å². The predicted octanol–water partition coefficient (Wildman–Crippen LogP) is 3.56. The van der Waals surface area contributed by atoms with Crippen LogP contribution in [-0.2, 0) is 0 Å². The van der Waals surface area contributed by atoms with Gasteiger partial charge in [-0.15, -0.1) is 0 Å². The molecule has 1 heterocycles. The number of hydrogen-bond acceptors (Lipinski definition) is 1. The molecule has 1 aliphatic rings. The molecule has 1 saturated heterocycles. The quantitative estimate of drug-likeness (QED) is 0.522. The summed E-state index contributed by atoms with van der Waals surface area (Å²) in [6.45, 7) is 11.0. The Labute approximate surface area is 69.8 Å². The Hall–Kier alpha value is 0.350. The first-order valence-corrected chi connectivity index (χ1v) is 5.30. The molecule has 1 heteroatoms. The predicted molar refractivity (Wildman–Crippen MR) is 51.6 cm³/mol. The third-order valence-electron chi connectivity index (χ3n) is 1.95. The molecule has 1 aliphatic heterocycles. The fraction of sp³-hybridized carbons (Fsp3) is 1.00. The standard InChI is InChI=1S/C7H14S.C2H6/c1-5-4-6(2)8-7(5)3;1-2/h5-7H,4H2,1-3H3;1-2H3. The van der Waals surface area contributed by atoms with Gasteiger partial charge in [-0.2, -0.15) is 11.8 Å². The second-order valence-corrected chi connectivity index (χ2v) is 4.69. The minimum Gasteiger partial charge on any atom is -0.155 e. The van der Waals surface area contributed by atoms with Crippen LogP contribution in [0.5, 0.6) is 0 Å². The van der Waals surface area contributed by atoms with Crippen molar-refractivity contribution in [1.82, 2.24) is 0 Å². The van der Waals surface area contributed by atoms with Crippen molar-refractivity contribution < 1.29 is 0 Å². The topological polar surface area (TPSA) is 0 Å². The molecule has 3 unspecified atom stereocenters. The normalized spacial score (nSPS) is 38.7. The van der Waals surface area contributed by atoms with Gasteiger partial charge in [-0.05, 0) is 12.3 Å². The first kappa shape index (κ1) is 10.3. The third-order valence-corrected chi connectivity index (χ3v) is 3.50. The first-order valence-electron chi connectivity index (χ1n) is 4.35. The second-order valence-electron chi connectivity index (χ2n) is 2.86. The monoisotopic (exact) mass is 160 g/mol. The molecular formula is C9H20S. The molecule has 0 aliphatic carbocycles. The first-order chi connectivity index (χ1) is 4.70. The molecule has 0 saturated carbocycles. The van der Waals surface area contributed by atoms with Crippen LogP contribution in [0.3, 0.4) is 0 Å². The molecule has 0 aromatic carbocycles. The molecule has 0 amide bonds. The lowest BCUT2D eigenvalue weighted by Crippen LogP contribution is -2.00. The van der Waals surface area contributed by atoms with Gasteiger partial charge in [0, 0.05) is 10.5 Å². The van der Waals surface area contributed by atoms with E-state index in [0.29, 0.717) is 0 Å². The van der Waals surface area contributed by atoms with E-state index in [9.17, 15) is 0 Å². The maximum atomic E-state index is 2.35. The maximum absolute atomic E-state index is 2.35. The van der Waals surface area contributed by atoms with Gasteiger partial charge in [0.25, 0.3) is 0 Å². The van der Waals surface area contributed by atoms with Crippen LogP contribution in [0.4, 0.5) is 0 Å². The highest BCUT2D eigenvalue weighted by molar-refractivity contribution is 8.00. The van der Waals surface area contributed by atoms with Gasteiger partial charge in [-0.25, -0.2) is 0 Å². The largest absolute Gasteiger partial charge is 0.155 e. The smallest absolute Gasteiger partial charge is 0.00474 e. The van der Waals surface area contributed by atoms with Gasteiger partial charge >= 0.3 is 0 Å². The van der Waals surface area contributed by atoms with Crippen molar-refractivity contribution in [3.8, 4) is 0 Å². The van der Waals surface area contributed by atoms with Crippen molar-refractivity contribution >= 4 is 11.8 Å². The van der Waals surface area contributed by atoms with Crippen LogP contribution < -0.4 is 0 Å². The van der Waals surface area contributed by atoms with E-state index in [2.05, 4.69) is 32.5 Å². The van der Waals surface area contributed by atoms with Crippen molar-refractivity contribution in [1.29, 1.82) is 0 Å². The average Bonchev–Trinajstić information content (AvgIpc) is 2.16. The van der Waals surface area contributed by atoms with E-state index in [1.165, 1.54) is 6.42 Å². The SMILES string of the molecule is CC.CC1CC(C)C(C)S1. The molecular weight excluding hydrogens is 140 g/mol. The van der Waals surface area contributed by atoms with Gasteiger partial charge in [0.15, 0.2) is 0 Å². The molecule has 0 aromatic heterocycles. The van der Waals surface area contributed by atoms with Crippen molar-refractivity contribution in [2.24, 2.45) is 5.92 Å². The number of hydrogen-bond donors (Lipinski definition) is 0. The van der Waals surface area contributed by atoms with Crippen LogP contribution in [0.25, 0.3) is 0 Å². The molecule has 62 valence electrons. The summed E-state index contributed by atoms with van der Waals surface area (Å²) in [5.41, 5.74) is 0. The van der Waals surface area contributed by atoms with Crippen molar-refractivity contribution in [3.63, 3.8) is 0 Å². The van der Waals surface area contributed by atoms with Crippen molar-refractivity contribution in [3.05, 3.63) is 0 Å². The third kappa shape index (κ3) is 2.96. The highest BCUT2D eigenvalue weighted by atomic mass is 32.2. The Morgan fingerprint density at radius 3 is 1.70 bits per heavy atom. The molecule has 10 heavy (non-hydrogen) atoms. The Morgan fingerprint density at radius 1 is 1.10 bits per heavy atom. The lowest BCUT2D eigenvalue weighted by atomic mass is 10.0. The summed E-state index contributed by atoms with van der Waals surface area (Å²) in [6, 6.07) is 0. The van der Waals surface area contributed by atoms with Crippen LogP contribution >= 0.6 is 11.8 Å². The Bertz CT molecular complexity index is 70.8. The van der Waals surface area contributed by atoms with Crippen molar-refractivity contribution in [2.75, 3.05) is 0 Å². The zero-order chi connectivity index (χ0) is 8.15. The van der Waals surface area contributed by atoms with E-state index in [1.807, 2.05) is 13.8 Å². The fourth-order valence-electron chi connectivity index (χ4n) is 1.27. The van der Waals surface area contributed by atoms with E-state index < -0.39 is 0 Å². The summed E-state index contributed by atoms with van der Waals surface area (Å²) in [5.74, 6) is 0.954. The van der Waals surface area contributed by atoms with Crippen LogP contribution in [0.15, 0.2) is 0 Å². The van der Waals surface area contributed by atoms with Crippen molar-refractivity contribution in [2.45, 2.75) is 51.5 Å². The maximum Gasteiger partial charge on any atom is 0.00474 e. The minimum atomic E-state index is 0.907. The Balaban J connectivity index is 0.000000371. The molecule has 1 rings (SSSR count). The van der Waals surface area contributed by atoms with Gasteiger partial charge in [0.05, 0.1) is 0 Å².